The smallest absolute Gasteiger partial charge is 0.227 e. The lowest BCUT2D eigenvalue weighted by atomic mass is 9.94. The van der Waals surface area contributed by atoms with Crippen LogP contribution in [0.4, 0.5) is 4.39 Å². The van der Waals surface area contributed by atoms with Crippen LogP contribution in [0.25, 0.3) is 11.4 Å². The lowest BCUT2D eigenvalue weighted by Crippen LogP contribution is -2.19. The van der Waals surface area contributed by atoms with Crippen molar-refractivity contribution in [2.24, 2.45) is 17.6 Å². The van der Waals surface area contributed by atoms with E-state index in [1.165, 1.54) is 12.1 Å². The van der Waals surface area contributed by atoms with Crippen LogP contribution in [0.1, 0.15) is 31.7 Å². The number of halogens is 1. The normalized spacial score (nSPS) is 12.9. The van der Waals surface area contributed by atoms with Crippen molar-refractivity contribution >= 4 is 0 Å². The molecule has 0 aliphatic rings. The zero-order valence-electron chi connectivity index (χ0n) is 12.8. The zero-order valence-corrected chi connectivity index (χ0v) is 12.8. The van der Waals surface area contributed by atoms with Crippen molar-refractivity contribution in [1.82, 2.24) is 10.1 Å². The van der Waals surface area contributed by atoms with Gasteiger partial charge in [-0.2, -0.15) is 4.98 Å². The molecule has 2 N–H and O–H groups in total. The second kappa shape index (κ2) is 6.80. The number of aromatic nitrogens is 2. The average Bonchev–Trinajstić information content (AvgIpc) is 2.88. The fraction of sp³-hybridized carbons (Fsp3) is 0.500. The van der Waals surface area contributed by atoms with Gasteiger partial charge in [0.25, 0.3) is 0 Å². The van der Waals surface area contributed by atoms with E-state index < -0.39 is 0 Å². The van der Waals surface area contributed by atoms with Crippen molar-refractivity contribution in [2.75, 3.05) is 6.54 Å². The molecule has 0 saturated carbocycles. The third kappa shape index (κ3) is 4.11. The van der Waals surface area contributed by atoms with E-state index in [2.05, 4.69) is 24.0 Å². The Morgan fingerprint density at radius 2 is 2.10 bits per heavy atom. The molecule has 1 heterocycles. The summed E-state index contributed by atoms with van der Waals surface area (Å²) in [6, 6.07) is 4.56. The van der Waals surface area contributed by atoms with Crippen LogP contribution < -0.4 is 5.73 Å². The fourth-order valence-electron chi connectivity index (χ4n) is 2.46. The lowest BCUT2D eigenvalue weighted by molar-refractivity contribution is 0.332. The Morgan fingerprint density at radius 1 is 1.33 bits per heavy atom. The van der Waals surface area contributed by atoms with Gasteiger partial charge in [-0.25, -0.2) is 4.39 Å². The largest absolute Gasteiger partial charge is 0.339 e. The van der Waals surface area contributed by atoms with Crippen molar-refractivity contribution in [3.63, 3.8) is 0 Å². The Bertz CT molecular complexity index is 595. The van der Waals surface area contributed by atoms with Crippen LogP contribution in [-0.2, 0) is 6.42 Å². The van der Waals surface area contributed by atoms with Crippen molar-refractivity contribution in [3.05, 3.63) is 35.5 Å². The van der Waals surface area contributed by atoms with Gasteiger partial charge in [0.05, 0.1) is 0 Å². The molecule has 0 amide bonds. The van der Waals surface area contributed by atoms with E-state index in [4.69, 9.17) is 10.3 Å². The maximum atomic E-state index is 13.3. The molecule has 4 nitrogen and oxygen atoms in total. The second-order valence-corrected chi connectivity index (χ2v) is 5.91. The molecule has 114 valence electrons. The number of nitrogens with zero attached hydrogens (tertiary/aromatic N) is 2. The van der Waals surface area contributed by atoms with Gasteiger partial charge in [-0.15, -0.1) is 0 Å². The molecule has 0 aliphatic carbocycles. The van der Waals surface area contributed by atoms with E-state index in [0.29, 0.717) is 42.1 Å². The molecule has 21 heavy (non-hydrogen) atoms. The first kappa shape index (κ1) is 15.6. The monoisotopic (exact) mass is 291 g/mol. The zero-order chi connectivity index (χ0) is 15.4. The number of benzene rings is 1. The third-order valence-electron chi connectivity index (χ3n) is 3.51. The van der Waals surface area contributed by atoms with Crippen LogP contribution in [0.15, 0.2) is 22.7 Å². The summed E-state index contributed by atoms with van der Waals surface area (Å²) in [5.74, 6) is 1.59. The fourth-order valence-corrected chi connectivity index (χ4v) is 2.46. The molecular formula is C16H22FN3O. The van der Waals surface area contributed by atoms with Gasteiger partial charge >= 0.3 is 0 Å². The lowest BCUT2D eigenvalue weighted by Gasteiger charge is -2.14. The Morgan fingerprint density at radius 3 is 2.76 bits per heavy atom. The summed E-state index contributed by atoms with van der Waals surface area (Å²) in [6.07, 6.45) is 1.68. The summed E-state index contributed by atoms with van der Waals surface area (Å²) in [5.41, 5.74) is 7.37. The van der Waals surface area contributed by atoms with Crippen LogP contribution in [0, 0.1) is 24.6 Å². The highest BCUT2D eigenvalue weighted by Gasteiger charge is 2.16. The van der Waals surface area contributed by atoms with Crippen LogP contribution in [0.3, 0.4) is 0 Å². The first-order valence-electron chi connectivity index (χ1n) is 7.28. The Labute approximate surface area is 124 Å². The van der Waals surface area contributed by atoms with Crippen LogP contribution in [0.5, 0.6) is 0 Å². The summed E-state index contributed by atoms with van der Waals surface area (Å²) >= 11 is 0. The highest BCUT2D eigenvalue weighted by atomic mass is 19.1. The number of nitrogens with two attached hydrogens (primary N) is 1. The van der Waals surface area contributed by atoms with Crippen molar-refractivity contribution in [2.45, 2.75) is 33.6 Å². The Balaban J connectivity index is 2.16. The number of rotatable bonds is 6. The molecule has 5 heteroatoms. The standard InChI is InChI=1S/C16H22FN3O/c1-10(2)6-12(9-18)7-15-19-16(20-21-15)14-8-13(17)5-4-11(14)3/h4-5,8,10,12H,6-7,9,18H2,1-3H3. The molecule has 2 aromatic rings. The maximum absolute atomic E-state index is 13.3. The van der Waals surface area contributed by atoms with Gasteiger partial charge in [0, 0.05) is 12.0 Å². The Kier molecular flexibility index (Phi) is 5.07. The van der Waals surface area contributed by atoms with E-state index in [1.54, 1.807) is 6.07 Å². The predicted octanol–water partition coefficient (Wildman–Crippen LogP) is 3.35. The first-order chi connectivity index (χ1) is 9.99. The van der Waals surface area contributed by atoms with Crippen LogP contribution in [0.2, 0.25) is 0 Å². The molecule has 0 saturated heterocycles. The molecule has 1 unspecified atom stereocenters. The van der Waals surface area contributed by atoms with Crippen LogP contribution >= 0.6 is 0 Å². The third-order valence-corrected chi connectivity index (χ3v) is 3.51. The van der Waals surface area contributed by atoms with E-state index in [0.717, 1.165) is 12.0 Å². The van der Waals surface area contributed by atoms with Gasteiger partial charge in [-0.3, -0.25) is 0 Å². The number of aryl methyl sites for hydroxylation is 1. The minimum Gasteiger partial charge on any atom is -0.339 e. The highest BCUT2D eigenvalue weighted by molar-refractivity contribution is 5.59. The molecule has 0 spiro atoms. The molecule has 0 aliphatic heterocycles. The number of hydrogen-bond donors (Lipinski definition) is 1. The SMILES string of the molecule is Cc1ccc(F)cc1-c1noc(CC(CN)CC(C)C)n1. The molecule has 1 atom stereocenters. The molecular weight excluding hydrogens is 269 g/mol. The Hall–Kier alpha value is -1.75. The first-order valence-corrected chi connectivity index (χ1v) is 7.28. The molecule has 1 aromatic heterocycles. The van der Waals surface area contributed by atoms with E-state index in [1.807, 2.05) is 6.92 Å². The van der Waals surface area contributed by atoms with Gasteiger partial charge in [0.2, 0.25) is 11.7 Å². The van der Waals surface area contributed by atoms with Gasteiger partial charge in [-0.05, 0) is 49.4 Å². The van der Waals surface area contributed by atoms with Crippen molar-refractivity contribution < 1.29 is 8.91 Å². The molecule has 0 fully saturated rings. The van der Waals surface area contributed by atoms with Gasteiger partial charge < -0.3 is 10.3 Å². The number of hydrogen-bond acceptors (Lipinski definition) is 4. The quantitative estimate of drug-likeness (QED) is 0.886. The average molecular weight is 291 g/mol. The summed E-state index contributed by atoms with van der Waals surface area (Å²) in [4.78, 5) is 4.38. The second-order valence-electron chi connectivity index (χ2n) is 5.91. The van der Waals surface area contributed by atoms with Crippen molar-refractivity contribution in [3.8, 4) is 11.4 Å². The molecule has 0 bridgehead atoms. The van der Waals surface area contributed by atoms with Gasteiger partial charge in [0.1, 0.15) is 5.82 Å². The minimum absolute atomic E-state index is 0.304. The minimum atomic E-state index is -0.304. The summed E-state index contributed by atoms with van der Waals surface area (Å²) < 4.78 is 18.6. The highest BCUT2D eigenvalue weighted by Crippen LogP contribution is 2.23. The van der Waals surface area contributed by atoms with E-state index in [-0.39, 0.29) is 5.82 Å². The summed E-state index contributed by atoms with van der Waals surface area (Å²) in [7, 11) is 0. The molecule has 0 radical (unpaired) electrons. The van der Waals surface area contributed by atoms with Crippen LogP contribution in [-0.4, -0.2) is 16.7 Å². The summed E-state index contributed by atoms with van der Waals surface area (Å²) in [5, 5.41) is 3.96. The topological polar surface area (TPSA) is 64.9 Å². The van der Waals surface area contributed by atoms with E-state index >= 15 is 0 Å². The molecule has 1 aromatic carbocycles. The van der Waals surface area contributed by atoms with E-state index in [9.17, 15) is 4.39 Å². The van der Waals surface area contributed by atoms with Crippen molar-refractivity contribution in [1.29, 1.82) is 0 Å². The predicted molar refractivity (Wildman–Crippen MR) is 80.1 cm³/mol. The maximum Gasteiger partial charge on any atom is 0.227 e. The molecule has 2 rings (SSSR count). The summed E-state index contributed by atoms with van der Waals surface area (Å²) in [6.45, 7) is 6.82. The van der Waals surface area contributed by atoms with Gasteiger partial charge in [0.15, 0.2) is 0 Å². The van der Waals surface area contributed by atoms with Gasteiger partial charge in [-0.1, -0.05) is 25.1 Å².